The number of nitrogens with one attached hydrogen (secondary N) is 1. The summed E-state index contributed by atoms with van der Waals surface area (Å²) in [6, 6.07) is 7.30. The van der Waals surface area contributed by atoms with Crippen molar-refractivity contribution >= 4 is 23.7 Å². The number of amides is 1. The van der Waals surface area contributed by atoms with E-state index in [-0.39, 0.29) is 5.91 Å². The van der Waals surface area contributed by atoms with Crippen molar-refractivity contribution in [1.82, 2.24) is 5.32 Å². The molecule has 25 heavy (non-hydrogen) atoms. The first-order chi connectivity index (χ1) is 12.2. The van der Waals surface area contributed by atoms with Crippen molar-refractivity contribution in [2.45, 2.75) is 12.7 Å². The van der Waals surface area contributed by atoms with Crippen LogP contribution in [-0.2, 0) is 5.75 Å². The average molecular weight is 361 g/mol. The molecule has 0 aliphatic heterocycles. The van der Waals surface area contributed by atoms with Gasteiger partial charge in [-0.05, 0) is 31.2 Å². The van der Waals surface area contributed by atoms with Crippen molar-refractivity contribution in [3.8, 4) is 11.5 Å². The number of rotatable bonds is 9. The molecule has 0 radical (unpaired) electrons. The highest BCUT2D eigenvalue weighted by Crippen LogP contribution is 2.33. The van der Waals surface area contributed by atoms with Crippen LogP contribution >= 0.6 is 11.8 Å². The summed E-state index contributed by atoms with van der Waals surface area (Å²) in [6.07, 6.45) is 5.44. The molecule has 0 aliphatic rings. The molecule has 6 heteroatoms. The predicted octanol–water partition coefficient (Wildman–Crippen LogP) is 3.99. The van der Waals surface area contributed by atoms with Gasteiger partial charge in [0, 0.05) is 23.4 Å². The van der Waals surface area contributed by atoms with Crippen LogP contribution in [0.5, 0.6) is 11.5 Å². The lowest BCUT2D eigenvalue weighted by Gasteiger charge is -2.13. The number of methoxy groups -OCH3 is 2. The molecule has 2 aromatic rings. The van der Waals surface area contributed by atoms with Gasteiger partial charge in [-0.25, -0.2) is 0 Å². The number of furan rings is 1. The lowest BCUT2D eigenvalue weighted by atomic mass is 10.1. The van der Waals surface area contributed by atoms with Gasteiger partial charge < -0.3 is 19.2 Å². The van der Waals surface area contributed by atoms with Gasteiger partial charge >= 0.3 is 0 Å². The van der Waals surface area contributed by atoms with E-state index in [4.69, 9.17) is 13.9 Å². The van der Waals surface area contributed by atoms with Crippen LogP contribution in [0.2, 0.25) is 0 Å². The second kappa shape index (κ2) is 9.84. The maximum absolute atomic E-state index is 12.4. The fourth-order valence-electron chi connectivity index (χ4n) is 2.33. The van der Waals surface area contributed by atoms with E-state index in [9.17, 15) is 4.79 Å². The van der Waals surface area contributed by atoms with Gasteiger partial charge in [0.25, 0.3) is 5.91 Å². The molecule has 134 valence electrons. The molecule has 0 fully saturated rings. The maximum Gasteiger partial charge on any atom is 0.251 e. The molecule has 0 aliphatic carbocycles. The molecule has 0 saturated carbocycles. The Morgan fingerprint density at radius 3 is 2.80 bits per heavy atom. The maximum atomic E-state index is 12.4. The van der Waals surface area contributed by atoms with Crippen molar-refractivity contribution in [2.24, 2.45) is 0 Å². The normalized spacial score (nSPS) is 10.8. The van der Waals surface area contributed by atoms with Crippen molar-refractivity contribution < 1.29 is 18.7 Å². The van der Waals surface area contributed by atoms with Crippen molar-refractivity contribution in [1.29, 1.82) is 0 Å². The summed E-state index contributed by atoms with van der Waals surface area (Å²) in [4.78, 5) is 12.4. The Balaban J connectivity index is 1.94. The molecule has 0 bridgehead atoms. The Hall–Kier alpha value is -2.34. The van der Waals surface area contributed by atoms with Gasteiger partial charge in [-0.1, -0.05) is 12.2 Å². The zero-order valence-electron chi connectivity index (χ0n) is 14.7. The topological polar surface area (TPSA) is 60.7 Å². The molecular formula is C19H23NO4S. The monoisotopic (exact) mass is 361 g/mol. The van der Waals surface area contributed by atoms with Crippen LogP contribution in [0.1, 0.15) is 28.6 Å². The minimum atomic E-state index is -0.134. The lowest BCUT2D eigenvalue weighted by molar-refractivity contribution is 0.0955. The summed E-state index contributed by atoms with van der Waals surface area (Å²) in [6.45, 7) is 2.49. The van der Waals surface area contributed by atoms with E-state index in [1.807, 2.05) is 31.2 Å². The number of hydrogen-bond acceptors (Lipinski definition) is 5. The number of carbonyl (C=O) groups is 1. The SMILES string of the molecule is C/C=C/c1cc(C(=O)NCCSCc2ccco2)cc(OC)c1OC. The van der Waals surface area contributed by atoms with Crippen LogP contribution in [0, 0.1) is 0 Å². The lowest BCUT2D eigenvalue weighted by Crippen LogP contribution is -2.25. The van der Waals surface area contributed by atoms with Crippen molar-refractivity contribution in [3.05, 3.63) is 53.5 Å². The number of ether oxygens (including phenoxy) is 2. The van der Waals surface area contributed by atoms with Crippen molar-refractivity contribution in [3.63, 3.8) is 0 Å². The molecule has 1 N–H and O–H groups in total. The number of hydrogen-bond donors (Lipinski definition) is 1. The zero-order valence-corrected chi connectivity index (χ0v) is 15.5. The zero-order chi connectivity index (χ0) is 18.1. The highest BCUT2D eigenvalue weighted by atomic mass is 32.2. The first-order valence-corrected chi connectivity index (χ1v) is 9.12. The van der Waals surface area contributed by atoms with Crippen molar-refractivity contribution in [2.75, 3.05) is 26.5 Å². The Bertz CT molecular complexity index is 710. The number of benzene rings is 1. The molecule has 2 rings (SSSR count). The molecule has 1 aromatic heterocycles. The van der Waals surface area contributed by atoms with Crippen LogP contribution in [0.15, 0.2) is 41.0 Å². The Labute approximate surface area is 152 Å². The first kappa shape index (κ1) is 19.0. The van der Waals surface area contributed by atoms with E-state index in [0.717, 1.165) is 22.8 Å². The van der Waals surface area contributed by atoms with E-state index < -0.39 is 0 Å². The number of carbonyl (C=O) groups excluding carboxylic acids is 1. The number of thioether (sulfide) groups is 1. The van der Waals surface area contributed by atoms with E-state index in [1.165, 1.54) is 0 Å². The second-order valence-electron chi connectivity index (χ2n) is 5.19. The van der Waals surface area contributed by atoms with Gasteiger partial charge in [0.05, 0.1) is 26.2 Å². The third-order valence-electron chi connectivity index (χ3n) is 3.47. The van der Waals surface area contributed by atoms with Gasteiger partial charge in [0.15, 0.2) is 11.5 Å². The van der Waals surface area contributed by atoms with Gasteiger partial charge in [-0.15, -0.1) is 0 Å². The van der Waals surface area contributed by atoms with E-state index in [0.29, 0.717) is 23.6 Å². The fraction of sp³-hybridized carbons (Fsp3) is 0.316. The fourth-order valence-corrected chi connectivity index (χ4v) is 3.09. The standard InChI is InChI=1S/C19H23NO4S/c1-4-6-14-11-15(12-17(22-2)18(14)23-3)19(21)20-8-10-25-13-16-7-5-9-24-16/h4-7,9,11-12H,8,10,13H2,1-3H3,(H,20,21)/b6-4+. The highest BCUT2D eigenvalue weighted by Gasteiger charge is 2.14. The van der Waals surface area contributed by atoms with Crippen LogP contribution in [0.4, 0.5) is 0 Å². The highest BCUT2D eigenvalue weighted by molar-refractivity contribution is 7.98. The molecule has 0 unspecified atom stereocenters. The predicted molar refractivity (Wildman–Crippen MR) is 101 cm³/mol. The third-order valence-corrected chi connectivity index (χ3v) is 4.45. The molecule has 0 spiro atoms. The molecule has 5 nitrogen and oxygen atoms in total. The summed E-state index contributed by atoms with van der Waals surface area (Å²) in [5.74, 6) is 3.56. The van der Waals surface area contributed by atoms with Crippen LogP contribution in [0.25, 0.3) is 6.08 Å². The Morgan fingerprint density at radius 1 is 1.32 bits per heavy atom. The van der Waals surface area contributed by atoms with Crippen LogP contribution in [0.3, 0.4) is 0 Å². The second-order valence-corrected chi connectivity index (χ2v) is 6.29. The minimum absolute atomic E-state index is 0.134. The molecule has 1 heterocycles. The molecule has 1 amide bonds. The molecular weight excluding hydrogens is 338 g/mol. The summed E-state index contributed by atoms with van der Waals surface area (Å²) in [5.41, 5.74) is 1.35. The smallest absolute Gasteiger partial charge is 0.251 e. The average Bonchev–Trinajstić information content (AvgIpc) is 3.14. The molecule has 0 atom stereocenters. The minimum Gasteiger partial charge on any atom is -0.493 e. The first-order valence-electron chi connectivity index (χ1n) is 7.96. The molecule has 0 saturated heterocycles. The summed E-state index contributed by atoms with van der Waals surface area (Å²) in [5, 5.41) is 2.93. The van der Waals surface area contributed by atoms with Gasteiger partial charge in [0.1, 0.15) is 5.76 Å². The largest absolute Gasteiger partial charge is 0.493 e. The van der Waals surface area contributed by atoms with Crippen LogP contribution in [-0.4, -0.2) is 32.4 Å². The van der Waals surface area contributed by atoms with Crippen LogP contribution < -0.4 is 14.8 Å². The summed E-state index contributed by atoms with van der Waals surface area (Å²) >= 11 is 1.71. The Morgan fingerprint density at radius 2 is 2.16 bits per heavy atom. The van der Waals surface area contributed by atoms with Gasteiger partial charge in [-0.3, -0.25) is 4.79 Å². The molecule has 1 aromatic carbocycles. The number of allylic oxidation sites excluding steroid dienone is 1. The Kier molecular flexibility index (Phi) is 7.47. The quantitative estimate of drug-likeness (QED) is 0.684. The van der Waals surface area contributed by atoms with E-state index >= 15 is 0 Å². The van der Waals surface area contributed by atoms with Gasteiger partial charge in [0.2, 0.25) is 0 Å². The summed E-state index contributed by atoms with van der Waals surface area (Å²) < 4.78 is 16.0. The summed E-state index contributed by atoms with van der Waals surface area (Å²) in [7, 11) is 3.14. The third kappa shape index (κ3) is 5.32. The van der Waals surface area contributed by atoms with E-state index in [1.54, 1.807) is 44.4 Å². The van der Waals surface area contributed by atoms with Gasteiger partial charge in [-0.2, -0.15) is 11.8 Å². The van der Waals surface area contributed by atoms with E-state index in [2.05, 4.69) is 5.32 Å².